The van der Waals surface area contributed by atoms with Crippen LogP contribution in [0.5, 0.6) is 0 Å². The molecule has 0 saturated carbocycles. The van der Waals surface area contributed by atoms with Crippen molar-refractivity contribution in [2.75, 3.05) is 5.32 Å². The van der Waals surface area contributed by atoms with Gasteiger partial charge in [0.15, 0.2) is 0 Å². The molecule has 0 amide bonds. The van der Waals surface area contributed by atoms with Gasteiger partial charge in [-0.15, -0.1) is 0 Å². The van der Waals surface area contributed by atoms with Crippen molar-refractivity contribution < 1.29 is 9.31 Å². The minimum atomic E-state index is -0.421. The van der Waals surface area contributed by atoms with E-state index >= 15 is 0 Å². The summed E-state index contributed by atoms with van der Waals surface area (Å²) in [5, 5.41) is 14.0. The second-order valence-electron chi connectivity index (χ2n) is 4.59. The number of anilines is 1. The molecule has 0 aliphatic heterocycles. The molecule has 0 fully saturated rings. The van der Waals surface area contributed by atoms with Crippen LogP contribution in [-0.2, 0) is 0 Å². The summed E-state index contributed by atoms with van der Waals surface area (Å²) in [5.74, 6) is -0.353. The summed E-state index contributed by atoms with van der Waals surface area (Å²) >= 11 is 3.11. The molecular weight excluding hydrogens is 339 g/mol. The smallest absolute Gasteiger partial charge is 0.269 e. The predicted molar refractivity (Wildman–Crippen MR) is 83.9 cm³/mol. The monoisotopic (exact) mass is 352 g/mol. The summed E-state index contributed by atoms with van der Waals surface area (Å²) in [7, 11) is 0. The molecule has 0 bridgehead atoms. The van der Waals surface area contributed by atoms with Gasteiger partial charge in [-0.3, -0.25) is 10.1 Å². The van der Waals surface area contributed by atoms with E-state index in [1.807, 2.05) is 13.0 Å². The average molecular weight is 353 g/mol. The number of non-ortho nitro benzene ring substituents is 1. The van der Waals surface area contributed by atoms with Crippen LogP contribution in [-0.4, -0.2) is 4.92 Å². The second-order valence-corrected chi connectivity index (χ2v) is 5.44. The van der Waals surface area contributed by atoms with E-state index in [0.29, 0.717) is 10.2 Å². The first-order valence-electron chi connectivity index (χ1n) is 6.47. The van der Waals surface area contributed by atoms with Gasteiger partial charge in [-0.25, -0.2) is 4.39 Å². The van der Waals surface area contributed by atoms with Crippen molar-refractivity contribution >= 4 is 27.3 Å². The Labute approximate surface area is 130 Å². The molecule has 1 unspecified atom stereocenters. The molecule has 21 heavy (non-hydrogen) atoms. The van der Waals surface area contributed by atoms with Gasteiger partial charge in [0, 0.05) is 17.8 Å². The summed E-state index contributed by atoms with van der Waals surface area (Å²) in [6.07, 6.45) is 0.721. The van der Waals surface area contributed by atoms with Crippen LogP contribution in [0.25, 0.3) is 0 Å². The lowest BCUT2D eigenvalue weighted by Crippen LogP contribution is -2.10. The first kappa shape index (κ1) is 15.4. The fourth-order valence-corrected chi connectivity index (χ4v) is 2.31. The maximum atomic E-state index is 13.5. The summed E-state index contributed by atoms with van der Waals surface area (Å²) in [5.41, 5.74) is 1.49. The number of hydrogen-bond donors (Lipinski definition) is 1. The Morgan fingerprint density at radius 2 is 2.10 bits per heavy atom. The normalized spacial score (nSPS) is 12.0. The Hall–Kier alpha value is -1.95. The molecule has 0 saturated heterocycles. The fourth-order valence-electron chi connectivity index (χ4n) is 2.06. The first-order chi connectivity index (χ1) is 10.0. The van der Waals surface area contributed by atoms with Crippen LogP contribution >= 0.6 is 15.9 Å². The molecule has 0 aromatic heterocycles. The van der Waals surface area contributed by atoms with Gasteiger partial charge < -0.3 is 5.32 Å². The van der Waals surface area contributed by atoms with E-state index in [4.69, 9.17) is 0 Å². The van der Waals surface area contributed by atoms with Gasteiger partial charge in [-0.05, 0) is 46.1 Å². The van der Waals surface area contributed by atoms with Crippen molar-refractivity contribution in [2.45, 2.75) is 19.4 Å². The van der Waals surface area contributed by atoms with Gasteiger partial charge in [0.2, 0.25) is 0 Å². The van der Waals surface area contributed by atoms with Crippen molar-refractivity contribution in [1.82, 2.24) is 0 Å². The van der Waals surface area contributed by atoms with Gasteiger partial charge in [0.25, 0.3) is 5.69 Å². The van der Waals surface area contributed by atoms with Gasteiger partial charge >= 0.3 is 0 Å². The van der Waals surface area contributed by atoms with Crippen LogP contribution in [0.15, 0.2) is 46.9 Å². The van der Waals surface area contributed by atoms with E-state index in [1.165, 1.54) is 18.2 Å². The molecule has 0 radical (unpaired) electrons. The number of halogens is 2. The van der Waals surface area contributed by atoms with Crippen LogP contribution in [0.2, 0.25) is 0 Å². The summed E-state index contributed by atoms with van der Waals surface area (Å²) in [4.78, 5) is 10.4. The lowest BCUT2D eigenvalue weighted by Gasteiger charge is -2.19. The molecule has 0 aliphatic rings. The predicted octanol–water partition coefficient (Wildman–Crippen LogP) is 5.06. The number of benzene rings is 2. The topological polar surface area (TPSA) is 55.2 Å². The minimum absolute atomic E-state index is 0.0507. The summed E-state index contributed by atoms with van der Waals surface area (Å²) in [6.45, 7) is 1.96. The number of nitrogens with one attached hydrogen (secondary N) is 1. The Morgan fingerprint density at radius 1 is 1.33 bits per heavy atom. The van der Waals surface area contributed by atoms with E-state index < -0.39 is 4.92 Å². The number of rotatable bonds is 5. The van der Waals surface area contributed by atoms with Crippen molar-refractivity contribution in [3.63, 3.8) is 0 Å². The fraction of sp³-hybridized carbons (Fsp3) is 0.200. The van der Waals surface area contributed by atoms with Crippen molar-refractivity contribution in [3.05, 3.63) is 68.4 Å². The van der Waals surface area contributed by atoms with E-state index in [1.54, 1.807) is 18.2 Å². The third kappa shape index (κ3) is 3.78. The lowest BCUT2D eigenvalue weighted by molar-refractivity contribution is -0.384. The van der Waals surface area contributed by atoms with E-state index in [2.05, 4.69) is 21.2 Å². The second kappa shape index (κ2) is 6.67. The highest BCUT2D eigenvalue weighted by Gasteiger charge is 2.14. The molecular formula is C15H14BrFN2O2. The summed E-state index contributed by atoms with van der Waals surface area (Å²) < 4.78 is 13.9. The van der Waals surface area contributed by atoms with Crippen molar-refractivity contribution in [3.8, 4) is 0 Å². The van der Waals surface area contributed by atoms with Crippen LogP contribution in [0.1, 0.15) is 24.9 Å². The third-order valence-corrected chi connectivity index (χ3v) is 3.80. The molecule has 4 nitrogen and oxygen atoms in total. The zero-order chi connectivity index (χ0) is 15.4. The van der Waals surface area contributed by atoms with Crippen LogP contribution < -0.4 is 5.32 Å². The maximum absolute atomic E-state index is 13.5. The molecule has 2 aromatic rings. The highest BCUT2D eigenvalue weighted by Crippen LogP contribution is 2.27. The van der Waals surface area contributed by atoms with Crippen molar-refractivity contribution in [1.29, 1.82) is 0 Å². The number of nitrogens with zero attached hydrogens (tertiary/aromatic N) is 1. The lowest BCUT2D eigenvalue weighted by atomic mass is 10.0. The average Bonchev–Trinajstić information content (AvgIpc) is 2.48. The number of nitro groups is 1. The van der Waals surface area contributed by atoms with Gasteiger partial charge in [-0.1, -0.05) is 19.1 Å². The Morgan fingerprint density at radius 3 is 2.71 bits per heavy atom. The molecule has 2 aromatic carbocycles. The molecule has 0 heterocycles. The quantitative estimate of drug-likeness (QED) is 0.604. The van der Waals surface area contributed by atoms with Gasteiger partial charge in [0.1, 0.15) is 5.82 Å². The zero-order valence-corrected chi connectivity index (χ0v) is 12.9. The molecule has 1 atom stereocenters. The van der Waals surface area contributed by atoms with E-state index in [9.17, 15) is 14.5 Å². The SMILES string of the molecule is CCC(Nc1ccc(Br)c(F)c1)c1cccc([N+](=O)[O-])c1. The molecule has 0 spiro atoms. The highest BCUT2D eigenvalue weighted by molar-refractivity contribution is 9.10. The van der Waals surface area contributed by atoms with E-state index in [0.717, 1.165) is 12.0 Å². The molecule has 110 valence electrons. The highest BCUT2D eigenvalue weighted by atomic mass is 79.9. The molecule has 1 N–H and O–H groups in total. The Kier molecular flexibility index (Phi) is 4.90. The first-order valence-corrected chi connectivity index (χ1v) is 7.26. The van der Waals surface area contributed by atoms with Crippen LogP contribution in [0.3, 0.4) is 0 Å². The largest absolute Gasteiger partial charge is 0.378 e. The van der Waals surface area contributed by atoms with Gasteiger partial charge in [-0.2, -0.15) is 0 Å². The van der Waals surface area contributed by atoms with E-state index in [-0.39, 0.29) is 17.5 Å². The minimum Gasteiger partial charge on any atom is -0.378 e. The standard InChI is InChI=1S/C15H14BrFN2O2/c1-2-15(10-4-3-5-12(8-10)19(20)21)18-11-6-7-13(16)14(17)9-11/h3-9,15,18H,2H2,1H3. The Balaban J connectivity index is 2.25. The van der Waals surface area contributed by atoms with Gasteiger partial charge in [0.05, 0.1) is 15.4 Å². The molecule has 6 heteroatoms. The number of hydrogen-bond acceptors (Lipinski definition) is 3. The maximum Gasteiger partial charge on any atom is 0.269 e. The summed E-state index contributed by atoms with van der Waals surface area (Å²) in [6, 6.07) is 11.1. The zero-order valence-electron chi connectivity index (χ0n) is 11.3. The Bertz CT molecular complexity index is 664. The molecule has 2 rings (SSSR count). The number of nitro benzene ring substituents is 1. The van der Waals surface area contributed by atoms with Crippen LogP contribution in [0.4, 0.5) is 15.8 Å². The van der Waals surface area contributed by atoms with Crippen molar-refractivity contribution in [2.24, 2.45) is 0 Å². The van der Waals surface area contributed by atoms with Crippen LogP contribution in [0, 0.1) is 15.9 Å². The molecule has 0 aliphatic carbocycles. The third-order valence-electron chi connectivity index (χ3n) is 3.15.